The van der Waals surface area contributed by atoms with Crippen LogP contribution in [0.15, 0.2) is 59.5 Å². The fraction of sp³-hybridized carbons (Fsp3) is 0.208. The molecule has 212 valence electrons. The number of aromatic nitrogens is 1. The van der Waals surface area contributed by atoms with Gasteiger partial charge in [-0.25, -0.2) is 18.2 Å². The Labute approximate surface area is 222 Å². The van der Waals surface area contributed by atoms with E-state index in [1.807, 2.05) is 0 Å². The van der Waals surface area contributed by atoms with Crippen molar-refractivity contribution in [3.8, 4) is 5.75 Å². The van der Waals surface area contributed by atoms with Gasteiger partial charge in [0.1, 0.15) is 17.3 Å². The summed E-state index contributed by atoms with van der Waals surface area (Å²) in [6, 6.07) is 8.21. The fourth-order valence-corrected chi connectivity index (χ4v) is 5.16. The van der Waals surface area contributed by atoms with E-state index >= 15 is 0 Å². The first-order valence-electron chi connectivity index (χ1n) is 11.2. The summed E-state index contributed by atoms with van der Waals surface area (Å²) in [4.78, 5) is 27.6. The molecule has 2 aromatic carbocycles. The largest absolute Gasteiger partial charge is 0.573 e. The van der Waals surface area contributed by atoms with Gasteiger partial charge in [0.2, 0.25) is 0 Å². The molecular formula is C24H17F6N3O6S. The fourth-order valence-electron chi connectivity index (χ4n) is 3.70. The Balaban J connectivity index is 1.84. The first-order valence-corrected chi connectivity index (χ1v) is 12.6. The number of halogens is 6. The number of nitrogens with one attached hydrogen (secondary N) is 1. The summed E-state index contributed by atoms with van der Waals surface area (Å²) in [7, 11) is -4.63. The number of alkyl halides is 6. The molecule has 0 spiro atoms. The molecule has 0 fully saturated rings. The second-order valence-electron chi connectivity index (χ2n) is 8.14. The molecule has 0 unspecified atom stereocenters. The number of ether oxygens (including phenoxy) is 2. The first kappa shape index (κ1) is 28.7. The van der Waals surface area contributed by atoms with Crippen LogP contribution in [0.25, 0.3) is 0 Å². The van der Waals surface area contributed by atoms with Gasteiger partial charge in [0.15, 0.2) is 0 Å². The Kier molecular flexibility index (Phi) is 7.40. The minimum absolute atomic E-state index is 0.00284. The Hall–Kier alpha value is -4.34. The third-order valence-electron chi connectivity index (χ3n) is 5.47. The lowest BCUT2D eigenvalue weighted by Crippen LogP contribution is -2.30. The predicted octanol–water partition coefficient (Wildman–Crippen LogP) is 5.20. The number of fused-ring (bicyclic) bond motifs is 2. The van der Waals surface area contributed by atoms with Crippen LogP contribution < -0.4 is 14.4 Å². The Morgan fingerprint density at radius 3 is 2.27 bits per heavy atom. The van der Waals surface area contributed by atoms with Crippen molar-refractivity contribution in [3.63, 3.8) is 0 Å². The molecule has 0 aliphatic carbocycles. The summed E-state index contributed by atoms with van der Waals surface area (Å²) >= 11 is 0. The third-order valence-corrected chi connectivity index (χ3v) is 7.24. The molecular weight excluding hydrogens is 572 g/mol. The topological polar surface area (TPSA) is 115 Å². The van der Waals surface area contributed by atoms with Crippen LogP contribution in [0.3, 0.4) is 0 Å². The summed E-state index contributed by atoms with van der Waals surface area (Å²) in [5.41, 5.74) is -1.89. The van der Waals surface area contributed by atoms with Crippen molar-refractivity contribution in [3.05, 3.63) is 71.4 Å². The van der Waals surface area contributed by atoms with Crippen molar-refractivity contribution in [2.75, 3.05) is 16.2 Å². The minimum atomic E-state index is -5.02. The molecule has 40 heavy (non-hydrogen) atoms. The van der Waals surface area contributed by atoms with E-state index in [2.05, 4.69) is 19.8 Å². The quantitative estimate of drug-likeness (QED) is 0.181. The van der Waals surface area contributed by atoms with Crippen LogP contribution in [0, 0.1) is 0 Å². The Bertz CT molecular complexity index is 1570. The molecule has 0 bridgehead atoms. The molecule has 0 saturated carbocycles. The van der Waals surface area contributed by atoms with Gasteiger partial charge in [-0.05, 0) is 55.5 Å². The average Bonchev–Trinajstić information content (AvgIpc) is 3.03. The lowest BCUT2D eigenvalue weighted by molar-refractivity contribution is -0.274. The minimum Gasteiger partial charge on any atom is -0.460 e. The highest BCUT2D eigenvalue weighted by Crippen LogP contribution is 2.40. The van der Waals surface area contributed by atoms with Crippen molar-refractivity contribution in [1.82, 2.24) is 4.98 Å². The summed E-state index contributed by atoms with van der Waals surface area (Å²) < 4.78 is 114. The molecule has 9 nitrogen and oxygen atoms in total. The van der Waals surface area contributed by atoms with Gasteiger partial charge >= 0.3 is 18.5 Å². The summed E-state index contributed by atoms with van der Waals surface area (Å²) in [6.07, 6.45) is -9.84. The maximum atomic E-state index is 13.7. The van der Waals surface area contributed by atoms with Gasteiger partial charge in [-0.2, -0.15) is 13.2 Å². The molecule has 16 heteroatoms. The Morgan fingerprint density at radius 2 is 1.68 bits per heavy atom. The van der Waals surface area contributed by atoms with Gasteiger partial charge in [0, 0.05) is 11.1 Å². The van der Waals surface area contributed by atoms with Crippen molar-refractivity contribution in [2.45, 2.75) is 30.9 Å². The van der Waals surface area contributed by atoms with E-state index in [0.717, 1.165) is 46.8 Å². The van der Waals surface area contributed by atoms with E-state index in [0.29, 0.717) is 6.07 Å². The van der Waals surface area contributed by atoms with E-state index in [-0.39, 0.29) is 34.9 Å². The number of esters is 1. The van der Waals surface area contributed by atoms with E-state index in [1.54, 1.807) is 0 Å². The second kappa shape index (κ2) is 10.3. The number of sulfonamides is 1. The van der Waals surface area contributed by atoms with Gasteiger partial charge in [0.05, 0.1) is 29.4 Å². The molecule has 4 rings (SSSR count). The van der Waals surface area contributed by atoms with Crippen molar-refractivity contribution >= 4 is 39.0 Å². The number of Topliss-reactive ketones (excluding diaryl/α,β-unsaturated/α-hetero) is 1. The molecule has 1 N–H and O–H groups in total. The predicted molar refractivity (Wildman–Crippen MR) is 126 cm³/mol. The highest BCUT2D eigenvalue weighted by Gasteiger charge is 2.36. The van der Waals surface area contributed by atoms with Crippen molar-refractivity contribution in [1.29, 1.82) is 0 Å². The number of anilines is 3. The number of carbonyl (C=O) groups is 2. The molecule has 0 saturated heterocycles. The smallest absolute Gasteiger partial charge is 0.460 e. The zero-order valence-electron chi connectivity index (χ0n) is 20.1. The van der Waals surface area contributed by atoms with Crippen LogP contribution in [-0.4, -0.2) is 38.1 Å². The molecule has 1 aliphatic heterocycles. The van der Waals surface area contributed by atoms with Crippen LogP contribution in [0.5, 0.6) is 5.75 Å². The summed E-state index contributed by atoms with van der Waals surface area (Å²) in [6.45, 7) is 0.750. The lowest BCUT2D eigenvalue weighted by atomic mass is 10.1. The van der Waals surface area contributed by atoms with Crippen LogP contribution in [0.4, 0.5) is 43.5 Å². The maximum absolute atomic E-state index is 13.7. The monoisotopic (exact) mass is 589 g/mol. The molecule has 2 heterocycles. The number of nitrogens with zero attached hydrogens (tertiary/aromatic N) is 2. The SMILES string of the molecule is CCOC(=O)C(=O)c1ccc2c(c1)N(S(=O)(=O)c1ccc(OC(F)(F)F)cc1)Cc1ccc(C(F)(F)F)nc1N2. The highest BCUT2D eigenvalue weighted by atomic mass is 32.2. The number of rotatable bonds is 6. The van der Waals surface area contributed by atoms with Gasteiger partial charge in [0.25, 0.3) is 15.8 Å². The lowest BCUT2D eigenvalue weighted by Gasteiger charge is -2.25. The second-order valence-corrected chi connectivity index (χ2v) is 10.0. The van der Waals surface area contributed by atoms with Crippen molar-refractivity contribution < 1.29 is 53.8 Å². The molecule has 0 amide bonds. The van der Waals surface area contributed by atoms with Gasteiger partial charge in [-0.15, -0.1) is 13.2 Å². The normalized spacial score (nSPS) is 13.4. The molecule has 1 aromatic heterocycles. The number of benzene rings is 2. The van der Waals surface area contributed by atoms with Crippen LogP contribution in [0.1, 0.15) is 28.5 Å². The standard InChI is InChI=1S/C24H17F6N3O6S/c1-2-38-22(35)20(34)13-3-9-17-18(11-13)33(12-14-4-10-19(23(25,26)27)32-21(14)31-17)40(36,37)16-7-5-15(6-8-16)39-24(28,29)30/h3-11H,2,12H2,1H3,(H,31,32). The molecule has 1 aliphatic rings. The number of pyridine rings is 1. The number of hydrogen-bond donors (Lipinski definition) is 1. The zero-order chi connectivity index (χ0) is 29.5. The van der Waals surface area contributed by atoms with E-state index in [4.69, 9.17) is 0 Å². The summed E-state index contributed by atoms with van der Waals surface area (Å²) in [5, 5.41) is 2.63. The van der Waals surface area contributed by atoms with Gasteiger partial charge in [-0.1, -0.05) is 6.07 Å². The maximum Gasteiger partial charge on any atom is 0.573 e. The van der Waals surface area contributed by atoms with Crippen LogP contribution in [-0.2, 0) is 32.3 Å². The van der Waals surface area contributed by atoms with E-state index < -0.39 is 57.2 Å². The highest BCUT2D eigenvalue weighted by molar-refractivity contribution is 7.92. The molecule has 3 aromatic rings. The average molecular weight is 589 g/mol. The van der Waals surface area contributed by atoms with Crippen LogP contribution >= 0.6 is 0 Å². The van der Waals surface area contributed by atoms with Crippen LogP contribution in [0.2, 0.25) is 0 Å². The van der Waals surface area contributed by atoms with Gasteiger partial charge in [-0.3, -0.25) is 9.10 Å². The number of carbonyl (C=O) groups excluding carboxylic acids is 2. The van der Waals surface area contributed by atoms with E-state index in [1.165, 1.54) is 13.0 Å². The Morgan fingerprint density at radius 1 is 1.00 bits per heavy atom. The number of ketones is 1. The summed E-state index contributed by atoms with van der Waals surface area (Å²) in [5.74, 6) is -3.36. The first-order chi connectivity index (χ1) is 18.6. The third kappa shape index (κ3) is 5.95. The zero-order valence-corrected chi connectivity index (χ0v) is 20.9. The van der Waals surface area contributed by atoms with Gasteiger partial charge < -0.3 is 14.8 Å². The van der Waals surface area contributed by atoms with Crippen molar-refractivity contribution in [2.24, 2.45) is 0 Å². The van der Waals surface area contributed by atoms with E-state index in [9.17, 15) is 44.3 Å². The molecule has 0 atom stereocenters. The number of hydrogen-bond acceptors (Lipinski definition) is 8. The molecule has 0 radical (unpaired) electrons.